The molecular formula is C24H29IN2OS2. The lowest BCUT2D eigenvalue weighted by atomic mass is 10.1. The SMILES string of the molecule is CCC(=Cc1sc2c([n+]1CC)OC(C)C=C2)C=C1Sc2ccc(C)cc2N1CC.[I-]. The van der Waals surface area contributed by atoms with Crippen molar-refractivity contribution in [1.82, 2.24) is 0 Å². The number of thioether (sulfide) groups is 1. The van der Waals surface area contributed by atoms with E-state index in [2.05, 4.69) is 86.6 Å². The number of nitrogens with zero attached hydrogens (tertiary/aromatic N) is 2. The molecule has 3 nitrogen and oxygen atoms in total. The monoisotopic (exact) mass is 552 g/mol. The number of thiazole rings is 1. The van der Waals surface area contributed by atoms with Crippen LogP contribution in [0.1, 0.15) is 49.6 Å². The number of allylic oxidation sites excluding steroid dienone is 2. The normalized spacial score (nSPS) is 18.8. The number of halogens is 1. The minimum absolute atomic E-state index is 0. The van der Waals surface area contributed by atoms with E-state index in [0.717, 1.165) is 25.4 Å². The summed E-state index contributed by atoms with van der Waals surface area (Å²) in [5.74, 6) is 1.01. The standard InChI is InChI=1S/C24H29N2OS2.HI/c1-6-18(14-22-25(7-2)19-13-16(4)9-11-20(19)28-22)15-23-26(8-3)24-21(29-23)12-10-17(5)27-24;/h9-15,17H,6-8H2,1-5H3;1H/q+1;/p-1. The molecule has 0 amide bonds. The van der Waals surface area contributed by atoms with Crippen molar-refractivity contribution in [3.8, 4) is 5.88 Å². The van der Waals surface area contributed by atoms with Gasteiger partial charge in [0.25, 0.3) is 5.01 Å². The van der Waals surface area contributed by atoms with Gasteiger partial charge in [-0.1, -0.05) is 36.1 Å². The van der Waals surface area contributed by atoms with E-state index in [1.165, 1.54) is 36.6 Å². The molecule has 4 rings (SSSR count). The highest BCUT2D eigenvalue weighted by atomic mass is 127. The smallest absolute Gasteiger partial charge is 0.387 e. The number of hydrogen-bond acceptors (Lipinski definition) is 4. The van der Waals surface area contributed by atoms with Crippen LogP contribution in [0.25, 0.3) is 12.2 Å². The van der Waals surface area contributed by atoms with E-state index < -0.39 is 0 Å². The summed E-state index contributed by atoms with van der Waals surface area (Å²) >= 11 is 3.69. The summed E-state index contributed by atoms with van der Waals surface area (Å²) in [6.45, 7) is 12.8. The molecule has 0 aliphatic carbocycles. The van der Waals surface area contributed by atoms with Crippen molar-refractivity contribution < 1.29 is 33.3 Å². The molecule has 30 heavy (non-hydrogen) atoms. The van der Waals surface area contributed by atoms with Crippen molar-refractivity contribution in [2.24, 2.45) is 0 Å². The molecule has 0 saturated heterocycles. The van der Waals surface area contributed by atoms with Crippen molar-refractivity contribution in [2.75, 3.05) is 11.4 Å². The van der Waals surface area contributed by atoms with Crippen molar-refractivity contribution in [1.29, 1.82) is 0 Å². The topological polar surface area (TPSA) is 16.4 Å². The maximum atomic E-state index is 6.10. The molecule has 2 aliphatic heterocycles. The molecule has 0 radical (unpaired) electrons. The maximum absolute atomic E-state index is 6.10. The fraction of sp³-hybridized carbons (Fsp3) is 0.375. The van der Waals surface area contributed by atoms with Crippen LogP contribution < -0.4 is 38.2 Å². The highest BCUT2D eigenvalue weighted by Gasteiger charge is 2.29. The number of hydrogen-bond donors (Lipinski definition) is 0. The van der Waals surface area contributed by atoms with E-state index in [9.17, 15) is 0 Å². The van der Waals surface area contributed by atoms with E-state index in [4.69, 9.17) is 4.74 Å². The number of fused-ring (bicyclic) bond motifs is 2. The lowest BCUT2D eigenvalue weighted by molar-refractivity contribution is -0.696. The zero-order valence-corrected chi connectivity index (χ0v) is 22.0. The number of ether oxygens (including phenoxy) is 1. The predicted octanol–water partition coefficient (Wildman–Crippen LogP) is 3.43. The van der Waals surface area contributed by atoms with Gasteiger partial charge < -0.3 is 33.6 Å². The van der Waals surface area contributed by atoms with E-state index in [0.29, 0.717) is 0 Å². The molecule has 1 unspecified atom stereocenters. The first-order valence-corrected chi connectivity index (χ1v) is 12.1. The summed E-state index contributed by atoms with van der Waals surface area (Å²) in [6, 6.07) is 6.75. The van der Waals surface area contributed by atoms with Crippen LogP contribution in [0.3, 0.4) is 0 Å². The third-order valence-electron chi connectivity index (χ3n) is 5.30. The third-order valence-corrected chi connectivity index (χ3v) is 7.49. The van der Waals surface area contributed by atoms with Crippen LogP contribution >= 0.6 is 23.1 Å². The minimum Gasteiger partial charge on any atom is -1.00 e. The van der Waals surface area contributed by atoms with Crippen LogP contribution in [0, 0.1) is 6.92 Å². The molecule has 0 bridgehead atoms. The van der Waals surface area contributed by atoms with E-state index in [1.54, 1.807) is 0 Å². The Labute approximate surface area is 205 Å². The Balaban J connectivity index is 0.00000256. The van der Waals surface area contributed by atoms with Gasteiger partial charge in [0, 0.05) is 17.5 Å². The second-order valence-corrected chi connectivity index (χ2v) is 9.53. The molecule has 6 heteroatoms. The summed E-state index contributed by atoms with van der Waals surface area (Å²) in [5, 5.41) is 2.57. The summed E-state index contributed by atoms with van der Waals surface area (Å²) in [6.07, 6.45) is 10.2. The van der Waals surface area contributed by atoms with Crippen LogP contribution in [0.5, 0.6) is 5.88 Å². The second kappa shape index (κ2) is 9.92. The van der Waals surface area contributed by atoms with Crippen LogP contribution in [-0.4, -0.2) is 12.6 Å². The Morgan fingerprint density at radius 2 is 2.07 bits per heavy atom. The highest BCUT2D eigenvalue weighted by molar-refractivity contribution is 8.03. The van der Waals surface area contributed by atoms with Crippen LogP contribution in [0.4, 0.5) is 5.69 Å². The molecule has 1 aromatic carbocycles. The molecule has 1 atom stereocenters. The van der Waals surface area contributed by atoms with E-state index in [-0.39, 0.29) is 30.1 Å². The molecule has 160 valence electrons. The minimum atomic E-state index is 0. The zero-order chi connectivity index (χ0) is 20.5. The fourth-order valence-corrected chi connectivity index (χ4v) is 6.06. The van der Waals surface area contributed by atoms with E-state index in [1.807, 2.05) is 23.1 Å². The zero-order valence-electron chi connectivity index (χ0n) is 18.2. The summed E-state index contributed by atoms with van der Waals surface area (Å²) in [5.41, 5.74) is 3.99. The second-order valence-electron chi connectivity index (χ2n) is 7.41. The van der Waals surface area contributed by atoms with Crippen molar-refractivity contribution in [2.45, 2.75) is 58.6 Å². The van der Waals surface area contributed by atoms with Crippen molar-refractivity contribution >= 4 is 40.9 Å². The van der Waals surface area contributed by atoms with Crippen molar-refractivity contribution in [3.63, 3.8) is 0 Å². The van der Waals surface area contributed by atoms with Gasteiger partial charge in [-0.3, -0.25) is 0 Å². The van der Waals surface area contributed by atoms with Gasteiger partial charge in [0.15, 0.2) is 6.54 Å². The molecule has 1 aromatic heterocycles. The molecule has 3 heterocycles. The van der Waals surface area contributed by atoms with E-state index >= 15 is 0 Å². The Hall–Kier alpha value is -1.25. The molecule has 2 aliphatic rings. The molecular weight excluding hydrogens is 523 g/mol. The average Bonchev–Trinajstić information content (AvgIpc) is 3.23. The first-order chi connectivity index (χ1) is 14.0. The maximum Gasteiger partial charge on any atom is 0.387 e. The third kappa shape index (κ3) is 4.50. The Bertz CT molecular complexity index is 1020. The Morgan fingerprint density at radius 3 is 2.77 bits per heavy atom. The lowest BCUT2D eigenvalue weighted by Gasteiger charge is -2.18. The number of benzene rings is 1. The average molecular weight is 553 g/mol. The molecule has 2 aromatic rings. The van der Waals surface area contributed by atoms with Gasteiger partial charge in [0.05, 0.1) is 10.7 Å². The van der Waals surface area contributed by atoms with Crippen LogP contribution in [-0.2, 0) is 6.54 Å². The van der Waals surface area contributed by atoms with Gasteiger partial charge >= 0.3 is 5.88 Å². The summed E-state index contributed by atoms with van der Waals surface area (Å²) < 4.78 is 8.40. The number of aromatic nitrogens is 1. The van der Waals surface area contributed by atoms with Gasteiger partial charge in [-0.2, -0.15) is 4.57 Å². The summed E-state index contributed by atoms with van der Waals surface area (Å²) in [4.78, 5) is 4.99. The Morgan fingerprint density at radius 1 is 1.27 bits per heavy atom. The largest absolute Gasteiger partial charge is 1.00 e. The summed E-state index contributed by atoms with van der Waals surface area (Å²) in [7, 11) is 0. The first-order valence-electron chi connectivity index (χ1n) is 10.4. The van der Waals surface area contributed by atoms with Crippen molar-refractivity contribution in [3.05, 3.63) is 56.4 Å². The highest BCUT2D eigenvalue weighted by Crippen LogP contribution is 2.46. The predicted molar refractivity (Wildman–Crippen MR) is 126 cm³/mol. The molecule has 0 saturated carbocycles. The first kappa shape index (κ1) is 23.4. The fourth-order valence-electron chi connectivity index (χ4n) is 3.72. The number of rotatable bonds is 5. The Kier molecular flexibility index (Phi) is 7.74. The molecule has 0 fully saturated rings. The lowest BCUT2D eigenvalue weighted by Crippen LogP contribution is -3.00. The number of aryl methyl sites for hydroxylation is 1. The van der Waals surface area contributed by atoms with Gasteiger partial charge in [0.1, 0.15) is 11.0 Å². The van der Waals surface area contributed by atoms with Gasteiger partial charge in [0.2, 0.25) is 0 Å². The van der Waals surface area contributed by atoms with Gasteiger partial charge in [-0.15, -0.1) is 0 Å². The van der Waals surface area contributed by atoms with Crippen LogP contribution in [0.15, 0.2) is 45.8 Å². The van der Waals surface area contributed by atoms with Crippen LogP contribution in [0.2, 0.25) is 0 Å². The molecule has 0 N–H and O–H groups in total. The molecule has 0 spiro atoms. The van der Waals surface area contributed by atoms with Gasteiger partial charge in [-0.05, 0) is 75.6 Å². The van der Waals surface area contributed by atoms with Gasteiger partial charge in [-0.25, -0.2) is 0 Å². The number of anilines is 1. The quantitative estimate of drug-likeness (QED) is 0.418.